The van der Waals surface area contributed by atoms with Crippen LogP contribution in [-0.4, -0.2) is 70.4 Å². The van der Waals surface area contributed by atoms with E-state index in [1.807, 2.05) is 0 Å². The standard InChI is InChI=1S/C22H29N3O6/c1-13(23-21(30)18-5-4-10-25(18)14(2)26)20(29)24-17(19(28)22(3)12-31-22)11-15-6-8-16(27)9-7-15/h6-9,13,17-18,27H,4-5,10-12H2,1-3H3,(H,23,30)(H,24,29). The third kappa shape index (κ3) is 5.41. The minimum atomic E-state index is -0.923. The SMILES string of the molecule is CC(=O)N1CCCC1C(=O)NC(C)C(=O)NC(Cc1ccc(O)cc1)C(=O)C1(C)CO1. The fraction of sp³-hybridized carbons (Fsp3) is 0.545. The second-order valence-corrected chi connectivity index (χ2v) is 8.42. The summed E-state index contributed by atoms with van der Waals surface area (Å²) in [6.07, 6.45) is 1.52. The summed E-state index contributed by atoms with van der Waals surface area (Å²) >= 11 is 0. The van der Waals surface area contributed by atoms with Crippen LogP contribution in [-0.2, 0) is 30.3 Å². The second-order valence-electron chi connectivity index (χ2n) is 8.42. The van der Waals surface area contributed by atoms with Gasteiger partial charge < -0.3 is 25.4 Å². The zero-order valence-electron chi connectivity index (χ0n) is 18.0. The van der Waals surface area contributed by atoms with Crippen LogP contribution >= 0.6 is 0 Å². The van der Waals surface area contributed by atoms with E-state index in [0.717, 1.165) is 12.0 Å². The molecule has 4 atom stereocenters. The van der Waals surface area contributed by atoms with Crippen LogP contribution in [0.4, 0.5) is 0 Å². The molecule has 3 N–H and O–H groups in total. The van der Waals surface area contributed by atoms with Crippen molar-refractivity contribution >= 4 is 23.5 Å². The van der Waals surface area contributed by atoms with Crippen molar-refractivity contribution in [1.29, 1.82) is 0 Å². The maximum absolute atomic E-state index is 12.9. The normalized spacial score (nSPS) is 24.2. The molecule has 2 aliphatic heterocycles. The van der Waals surface area contributed by atoms with Gasteiger partial charge in [-0.1, -0.05) is 12.1 Å². The topological polar surface area (TPSA) is 128 Å². The molecular weight excluding hydrogens is 402 g/mol. The van der Waals surface area contributed by atoms with E-state index in [4.69, 9.17) is 4.74 Å². The van der Waals surface area contributed by atoms with Gasteiger partial charge in [-0.25, -0.2) is 0 Å². The average molecular weight is 431 g/mol. The quantitative estimate of drug-likeness (QED) is 0.508. The maximum Gasteiger partial charge on any atom is 0.243 e. The number of ketones is 1. The van der Waals surface area contributed by atoms with Crippen LogP contribution in [0.25, 0.3) is 0 Å². The van der Waals surface area contributed by atoms with E-state index in [1.54, 1.807) is 19.1 Å². The van der Waals surface area contributed by atoms with Gasteiger partial charge in [0.05, 0.1) is 12.6 Å². The Morgan fingerprint density at radius 3 is 2.45 bits per heavy atom. The molecule has 9 heteroatoms. The summed E-state index contributed by atoms with van der Waals surface area (Å²) in [5.41, 5.74) is -0.159. The molecule has 0 saturated carbocycles. The largest absolute Gasteiger partial charge is 0.508 e. The molecular formula is C22H29N3O6. The number of carbonyl (C=O) groups is 4. The Labute approximate surface area is 181 Å². The molecule has 2 heterocycles. The lowest BCUT2D eigenvalue weighted by atomic mass is 9.94. The van der Waals surface area contributed by atoms with Crippen molar-refractivity contribution in [3.63, 3.8) is 0 Å². The van der Waals surface area contributed by atoms with E-state index in [2.05, 4.69) is 10.6 Å². The van der Waals surface area contributed by atoms with Gasteiger partial charge in [0.1, 0.15) is 23.4 Å². The Hall–Kier alpha value is -2.94. The maximum atomic E-state index is 12.9. The number of phenols is 1. The lowest BCUT2D eigenvalue weighted by molar-refractivity contribution is -0.138. The molecule has 9 nitrogen and oxygen atoms in total. The summed E-state index contributed by atoms with van der Waals surface area (Å²) in [5.74, 6) is -1.19. The molecule has 0 spiro atoms. The van der Waals surface area contributed by atoms with Gasteiger partial charge >= 0.3 is 0 Å². The predicted octanol–water partition coefficient (Wildman–Crippen LogP) is 0.293. The van der Waals surface area contributed by atoms with Crippen LogP contribution in [0.1, 0.15) is 39.2 Å². The monoisotopic (exact) mass is 431 g/mol. The van der Waals surface area contributed by atoms with E-state index in [0.29, 0.717) is 19.6 Å². The van der Waals surface area contributed by atoms with Crippen LogP contribution in [0.2, 0.25) is 0 Å². The third-order valence-electron chi connectivity index (χ3n) is 5.82. The molecule has 0 aromatic heterocycles. The third-order valence-corrected chi connectivity index (χ3v) is 5.82. The number of aromatic hydroxyl groups is 1. The summed E-state index contributed by atoms with van der Waals surface area (Å²) in [6, 6.07) is 4.08. The average Bonchev–Trinajstić information content (AvgIpc) is 3.27. The number of likely N-dealkylation sites (tertiary alicyclic amines) is 1. The Morgan fingerprint density at radius 2 is 1.87 bits per heavy atom. The number of ether oxygens (including phenoxy) is 1. The number of nitrogens with one attached hydrogen (secondary N) is 2. The zero-order chi connectivity index (χ0) is 22.8. The molecule has 4 unspecified atom stereocenters. The van der Waals surface area contributed by atoms with Crippen LogP contribution in [0, 0.1) is 0 Å². The zero-order valence-corrected chi connectivity index (χ0v) is 18.0. The highest BCUT2D eigenvalue weighted by Gasteiger charge is 2.50. The Kier molecular flexibility index (Phi) is 6.64. The first kappa shape index (κ1) is 22.7. The first-order valence-electron chi connectivity index (χ1n) is 10.4. The lowest BCUT2D eigenvalue weighted by Gasteiger charge is -2.25. The molecule has 0 radical (unpaired) electrons. The summed E-state index contributed by atoms with van der Waals surface area (Å²) in [6.45, 7) is 5.45. The van der Waals surface area contributed by atoms with Crippen LogP contribution in [0.3, 0.4) is 0 Å². The van der Waals surface area contributed by atoms with Gasteiger partial charge in [0.15, 0.2) is 5.78 Å². The van der Waals surface area contributed by atoms with E-state index in [9.17, 15) is 24.3 Å². The van der Waals surface area contributed by atoms with Gasteiger partial charge in [0.2, 0.25) is 17.7 Å². The van der Waals surface area contributed by atoms with Crippen LogP contribution in [0.5, 0.6) is 5.75 Å². The van der Waals surface area contributed by atoms with Crippen molar-refractivity contribution in [2.75, 3.05) is 13.2 Å². The van der Waals surface area contributed by atoms with E-state index in [1.165, 1.54) is 30.9 Å². The fourth-order valence-corrected chi connectivity index (χ4v) is 3.78. The molecule has 0 aliphatic carbocycles. The highest BCUT2D eigenvalue weighted by Crippen LogP contribution is 2.29. The first-order chi connectivity index (χ1) is 14.6. The van der Waals surface area contributed by atoms with Gasteiger partial charge in [0, 0.05) is 13.5 Å². The number of amides is 3. The summed E-state index contributed by atoms with van der Waals surface area (Å²) < 4.78 is 5.26. The number of benzene rings is 1. The van der Waals surface area contributed by atoms with Crippen molar-refractivity contribution in [3.8, 4) is 5.75 Å². The minimum absolute atomic E-state index is 0.107. The number of rotatable bonds is 8. The van der Waals surface area contributed by atoms with Gasteiger partial charge in [-0.05, 0) is 50.8 Å². The van der Waals surface area contributed by atoms with Crippen molar-refractivity contribution < 1.29 is 29.0 Å². The van der Waals surface area contributed by atoms with Gasteiger partial charge in [0.25, 0.3) is 0 Å². The predicted molar refractivity (Wildman–Crippen MR) is 111 cm³/mol. The van der Waals surface area contributed by atoms with Crippen LogP contribution in [0.15, 0.2) is 24.3 Å². The van der Waals surface area contributed by atoms with Gasteiger partial charge in [-0.2, -0.15) is 0 Å². The first-order valence-corrected chi connectivity index (χ1v) is 10.4. The molecule has 1 aromatic carbocycles. The van der Waals surface area contributed by atoms with Crippen molar-refractivity contribution in [2.24, 2.45) is 0 Å². The van der Waals surface area contributed by atoms with E-state index in [-0.39, 0.29) is 29.8 Å². The Morgan fingerprint density at radius 1 is 1.23 bits per heavy atom. The van der Waals surface area contributed by atoms with E-state index >= 15 is 0 Å². The van der Waals surface area contributed by atoms with Crippen molar-refractivity contribution in [1.82, 2.24) is 15.5 Å². The second kappa shape index (κ2) is 9.05. The highest BCUT2D eigenvalue weighted by molar-refractivity contribution is 5.98. The van der Waals surface area contributed by atoms with Gasteiger partial charge in [-0.15, -0.1) is 0 Å². The molecule has 2 aliphatic rings. The number of carbonyl (C=O) groups excluding carboxylic acids is 4. The smallest absolute Gasteiger partial charge is 0.243 e. The van der Waals surface area contributed by atoms with Gasteiger partial charge in [-0.3, -0.25) is 19.2 Å². The summed E-state index contributed by atoms with van der Waals surface area (Å²) in [4.78, 5) is 51.5. The fourth-order valence-electron chi connectivity index (χ4n) is 3.78. The summed E-state index contributed by atoms with van der Waals surface area (Å²) in [7, 11) is 0. The number of hydrogen-bond donors (Lipinski definition) is 3. The lowest BCUT2D eigenvalue weighted by Crippen LogP contribution is -2.55. The molecule has 3 rings (SSSR count). The summed E-state index contributed by atoms with van der Waals surface area (Å²) in [5, 5.41) is 14.8. The molecule has 2 saturated heterocycles. The van der Waals surface area contributed by atoms with Crippen LogP contribution < -0.4 is 10.6 Å². The number of nitrogens with zero attached hydrogens (tertiary/aromatic N) is 1. The molecule has 2 fully saturated rings. The molecule has 3 amide bonds. The van der Waals surface area contributed by atoms with E-state index < -0.39 is 29.6 Å². The number of Topliss-reactive ketones (excluding diaryl/α,β-unsaturated/α-hetero) is 1. The number of epoxide rings is 1. The van der Waals surface area contributed by atoms with Crippen molar-refractivity contribution in [2.45, 2.75) is 63.8 Å². The number of phenolic OH excluding ortho intramolecular Hbond substituents is 1. The minimum Gasteiger partial charge on any atom is -0.508 e. The highest BCUT2D eigenvalue weighted by atomic mass is 16.6. The Bertz CT molecular complexity index is 865. The molecule has 31 heavy (non-hydrogen) atoms. The van der Waals surface area contributed by atoms with Crippen molar-refractivity contribution in [3.05, 3.63) is 29.8 Å². The number of hydrogen-bond acceptors (Lipinski definition) is 6. The molecule has 0 bridgehead atoms. The molecule has 168 valence electrons. The molecule has 1 aromatic rings. The Balaban J connectivity index is 1.64.